The lowest BCUT2D eigenvalue weighted by atomic mass is 9.97. The highest BCUT2D eigenvalue weighted by Crippen LogP contribution is 2.35. The number of phenols is 1. The molecular formula is C15H13FN4O. The molecule has 0 atom stereocenters. The molecule has 0 aliphatic rings. The third kappa shape index (κ3) is 2.05. The van der Waals surface area contributed by atoms with Crippen molar-refractivity contribution in [1.82, 2.24) is 15.0 Å². The van der Waals surface area contributed by atoms with Crippen molar-refractivity contribution < 1.29 is 9.50 Å². The average molecular weight is 284 g/mol. The van der Waals surface area contributed by atoms with Gasteiger partial charge in [-0.1, -0.05) is 6.07 Å². The number of rotatable bonds is 1. The summed E-state index contributed by atoms with van der Waals surface area (Å²) in [5.74, 6) is -0.351. The number of anilines is 1. The number of aromatic hydroxyl groups is 1. The number of aryl methyl sites for hydroxylation is 1. The monoisotopic (exact) mass is 284 g/mol. The quantitative estimate of drug-likeness (QED) is 0.671. The molecule has 5 nitrogen and oxygen atoms in total. The summed E-state index contributed by atoms with van der Waals surface area (Å²) >= 11 is 0. The van der Waals surface area contributed by atoms with Crippen LogP contribution in [0.25, 0.3) is 22.2 Å². The van der Waals surface area contributed by atoms with Crippen molar-refractivity contribution in [2.24, 2.45) is 0 Å². The smallest absolute Gasteiger partial charge is 0.214 e. The second-order valence-electron chi connectivity index (χ2n) is 4.85. The highest BCUT2D eigenvalue weighted by atomic mass is 19.1. The fraction of sp³-hybridized carbons (Fsp3) is 0.133. The number of nitrogens with zero attached hydrogens (tertiary/aromatic N) is 3. The first-order chi connectivity index (χ1) is 9.99. The van der Waals surface area contributed by atoms with Crippen LogP contribution in [-0.2, 0) is 0 Å². The van der Waals surface area contributed by atoms with Crippen molar-refractivity contribution in [2.75, 3.05) is 5.73 Å². The fourth-order valence-corrected chi connectivity index (χ4v) is 2.43. The summed E-state index contributed by atoms with van der Waals surface area (Å²) in [6, 6.07) is 4.56. The fourth-order valence-electron chi connectivity index (χ4n) is 2.43. The van der Waals surface area contributed by atoms with Crippen molar-refractivity contribution in [2.45, 2.75) is 13.8 Å². The number of phenolic OH excluding ortho intramolecular Hbond substituents is 1. The summed E-state index contributed by atoms with van der Waals surface area (Å²) in [5, 5.41) is 10.3. The van der Waals surface area contributed by atoms with Gasteiger partial charge in [0.2, 0.25) is 5.95 Å². The van der Waals surface area contributed by atoms with Crippen molar-refractivity contribution in [3.8, 4) is 17.0 Å². The van der Waals surface area contributed by atoms with E-state index >= 15 is 0 Å². The minimum absolute atomic E-state index is 0.122. The van der Waals surface area contributed by atoms with E-state index < -0.39 is 5.95 Å². The third-order valence-corrected chi connectivity index (χ3v) is 3.50. The highest BCUT2D eigenvalue weighted by molar-refractivity contribution is 5.97. The molecule has 0 aliphatic heterocycles. The number of pyridine rings is 1. The topological polar surface area (TPSA) is 84.9 Å². The molecule has 0 spiro atoms. The summed E-state index contributed by atoms with van der Waals surface area (Å²) in [5.41, 5.74) is 8.72. The van der Waals surface area contributed by atoms with Crippen LogP contribution in [0.15, 0.2) is 24.5 Å². The van der Waals surface area contributed by atoms with E-state index in [9.17, 15) is 9.50 Å². The van der Waals surface area contributed by atoms with Crippen LogP contribution >= 0.6 is 0 Å². The van der Waals surface area contributed by atoms with Crippen LogP contribution in [0.2, 0.25) is 0 Å². The van der Waals surface area contributed by atoms with E-state index in [-0.39, 0.29) is 11.6 Å². The van der Waals surface area contributed by atoms with Gasteiger partial charge in [0.05, 0.1) is 0 Å². The Morgan fingerprint density at radius 1 is 1.19 bits per heavy atom. The third-order valence-electron chi connectivity index (χ3n) is 3.50. The number of benzene rings is 1. The maximum atomic E-state index is 13.8. The van der Waals surface area contributed by atoms with Crippen molar-refractivity contribution in [3.63, 3.8) is 0 Å². The molecule has 0 saturated carbocycles. The van der Waals surface area contributed by atoms with Gasteiger partial charge in [-0.2, -0.15) is 4.39 Å². The Morgan fingerprint density at radius 2 is 1.95 bits per heavy atom. The van der Waals surface area contributed by atoms with Gasteiger partial charge >= 0.3 is 0 Å². The molecule has 21 heavy (non-hydrogen) atoms. The second-order valence-corrected chi connectivity index (χ2v) is 4.85. The molecule has 3 rings (SSSR count). The highest BCUT2D eigenvalue weighted by Gasteiger charge is 2.17. The van der Waals surface area contributed by atoms with Crippen molar-refractivity contribution in [3.05, 3.63) is 41.6 Å². The molecule has 0 radical (unpaired) electrons. The van der Waals surface area contributed by atoms with Crippen LogP contribution in [-0.4, -0.2) is 20.1 Å². The molecular weight excluding hydrogens is 271 g/mol. The number of hydrogen-bond donors (Lipinski definition) is 2. The van der Waals surface area contributed by atoms with E-state index in [0.717, 1.165) is 5.56 Å². The zero-order valence-electron chi connectivity index (χ0n) is 11.6. The average Bonchev–Trinajstić information content (AvgIpc) is 2.44. The lowest BCUT2D eigenvalue weighted by Gasteiger charge is -2.13. The zero-order chi connectivity index (χ0) is 15.1. The number of hydrogen-bond acceptors (Lipinski definition) is 5. The van der Waals surface area contributed by atoms with E-state index in [1.165, 1.54) is 12.4 Å². The Hall–Kier alpha value is -2.76. The number of halogens is 1. The Kier molecular flexibility index (Phi) is 2.94. The van der Waals surface area contributed by atoms with Crippen molar-refractivity contribution in [1.29, 1.82) is 0 Å². The van der Waals surface area contributed by atoms with Crippen LogP contribution in [0.1, 0.15) is 11.1 Å². The first-order valence-electron chi connectivity index (χ1n) is 6.35. The minimum atomic E-state index is -0.666. The molecule has 6 heteroatoms. The first kappa shape index (κ1) is 13.2. The van der Waals surface area contributed by atoms with E-state index in [1.54, 1.807) is 19.1 Å². The van der Waals surface area contributed by atoms with E-state index in [4.69, 9.17) is 5.73 Å². The second kappa shape index (κ2) is 4.66. The van der Waals surface area contributed by atoms with Crippen LogP contribution in [0.4, 0.5) is 10.2 Å². The summed E-state index contributed by atoms with van der Waals surface area (Å²) in [6.07, 6.45) is 1.31. The number of fused-ring (bicyclic) bond motifs is 1. The Morgan fingerprint density at radius 3 is 2.71 bits per heavy atom. The zero-order valence-corrected chi connectivity index (χ0v) is 11.6. The standard InChI is InChI=1S/C15H13FN4O/c1-7-3-4-10(21)8(2)12(7)14-13-9(5-11(16)20-14)15(17)19-6-18-13/h3-6,21H,1-2H3,(H2,17,18,19). The summed E-state index contributed by atoms with van der Waals surface area (Å²) in [6.45, 7) is 3.62. The first-order valence-corrected chi connectivity index (χ1v) is 6.35. The van der Waals surface area contributed by atoms with Crippen LogP contribution in [0.3, 0.4) is 0 Å². The van der Waals surface area contributed by atoms with Crippen LogP contribution in [0, 0.1) is 19.8 Å². The van der Waals surface area contributed by atoms with Gasteiger partial charge in [-0.15, -0.1) is 0 Å². The van der Waals surface area contributed by atoms with Gasteiger partial charge in [-0.25, -0.2) is 15.0 Å². The number of nitrogens with two attached hydrogens (primary N) is 1. The lowest BCUT2D eigenvalue weighted by Crippen LogP contribution is -2.00. The molecule has 1 aromatic carbocycles. The Balaban J connectivity index is 2.47. The Labute approximate surface area is 120 Å². The molecule has 106 valence electrons. The number of nitrogen functional groups attached to an aromatic ring is 1. The van der Waals surface area contributed by atoms with Crippen molar-refractivity contribution >= 4 is 16.7 Å². The van der Waals surface area contributed by atoms with Gasteiger partial charge < -0.3 is 10.8 Å². The SMILES string of the molecule is Cc1ccc(O)c(C)c1-c1nc(F)cc2c(N)ncnc12. The van der Waals surface area contributed by atoms with Gasteiger partial charge in [0.25, 0.3) is 0 Å². The van der Waals surface area contributed by atoms with Gasteiger partial charge in [0.15, 0.2) is 0 Å². The Bertz CT molecular complexity index is 864. The molecule has 2 heterocycles. The molecule has 3 aromatic rings. The van der Waals surface area contributed by atoms with E-state index in [0.29, 0.717) is 27.7 Å². The van der Waals surface area contributed by atoms with Crippen LogP contribution in [0.5, 0.6) is 5.75 Å². The molecule has 0 amide bonds. The normalized spacial score (nSPS) is 11.0. The van der Waals surface area contributed by atoms with E-state index in [2.05, 4.69) is 15.0 Å². The molecule has 0 bridgehead atoms. The summed E-state index contributed by atoms with van der Waals surface area (Å²) in [7, 11) is 0. The summed E-state index contributed by atoms with van der Waals surface area (Å²) in [4.78, 5) is 12.0. The van der Waals surface area contributed by atoms with E-state index in [1.807, 2.05) is 6.92 Å². The molecule has 0 saturated heterocycles. The number of aromatic nitrogens is 3. The van der Waals surface area contributed by atoms with Gasteiger partial charge in [-0.05, 0) is 25.5 Å². The molecule has 2 aromatic heterocycles. The maximum Gasteiger partial charge on any atom is 0.214 e. The molecule has 0 aliphatic carbocycles. The predicted molar refractivity (Wildman–Crippen MR) is 78.3 cm³/mol. The maximum absolute atomic E-state index is 13.8. The largest absolute Gasteiger partial charge is 0.508 e. The predicted octanol–water partition coefficient (Wildman–Crippen LogP) is 2.74. The lowest BCUT2D eigenvalue weighted by molar-refractivity contribution is 0.471. The molecule has 0 unspecified atom stereocenters. The van der Waals surface area contributed by atoms with Gasteiger partial charge in [0, 0.05) is 22.6 Å². The molecule has 3 N–H and O–H groups in total. The van der Waals surface area contributed by atoms with Gasteiger partial charge in [0.1, 0.15) is 29.1 Å². The van der Waals surface area contributed by atoms with Crippen LogP contribution < -0.4 is 5.73 Å². The molecule has 0 fully saturated rings. The van der Waals surface area contributed by atoms with Gasteiger partial charge in [-0.3, -0.25) is 0 Å². The summed E-state index contributed by atoms with van der Waals surface area (Å²) < 4.78 is 13.8. The minimum Gasteiger partial charge on any atom is -0.508 e.